The fourth-order valence-electron chi connectivity index (χ4n) is 1.87. The highest BCUT2D eigenvalue weighted by atomic mass is 35.5. The second-order valence-electron chi connectivity index (χ2n) is 4.14. The SMILES string of the molecule is CCOc1cc(Cl)c(S(=O)(=O)n2ccnc2CC)cc1Cl. The van der Waals surface area contributed by atoms with Crippen LogP contribution in [0.3, 0.4) is 0 Å². The van der Waals surface area contributed by atoms with E-state index in [4.69, 9.17) is 27.9 Å². The summed E-state index contributed by atoms with van der Waals surface area (Å²) in [5, 5.41) is 0.247. The molecule has 1 aromatic heterocycles. The molecule has 2 aromatic rings. The van der Waals surface area contributed by atoms with Crippen molar-refractivity contribution in [3.8, 4) is 5.75 Å². The highest BCUT2D eigenvalue weighted by Crippen LogP contribution is 2.34. The lowest BCUT2D eigenvalue weighted by molar-refractivity contribution is 0.340. The smallest absolute Gasteiger partial charge is 0.270 e. The predicted octanol–water partition coefficient (Wildman–Crippen LogP) is 3.39. The Morgan fingerprint density at radius 2 is 1.95 bits per heavy atom. The van der Waals surface area contributed by atoms with E-state index in [0.717, 1.165) is 3.97 Å². The van der Waals surface area contributed by atoms with Crippen molar-refractivity contribution in [3.63, 3.8) is 0 Å². The first-order valence-corrected chi connectivity index (χ1v) is 8.51. The third-order valence-corrected chi connectivity index (χ3v) is 5.28. The maximum atomic E-state index is 12.7. The van der Waals surface area contributed by atoms with Gasteiger partial charge in [-0.15, -0.1) is 0 Å². The van der Waals surface area contributed by atoms with Crippen LogP contribution >= 0.6 is 23.2 Å². The molecule has 1 aromatic carbocycles. The molecule has 0 unspecified atom stereocenters. The van der Waals surface area contributed by atoms with Gasteiger partial charge in [0, 0.05) is 24.9 Å². The molecule has 0 aliphatic carbocycles. The number of ether oxygens (including phenoxy) is 1. The average molecular weight is 349 g/mol. The second-order valence-corrected chi connectivity index (χ2v) is 6.74. The van der Waals surface area contributed by atoms with Gasteiger partial charge in [0.05, 0.1) is 16.7 Å². The fourth-order valence-corrected chi connectivity index (χ4v) is 4.05. The summed E-state index contributed by atoms with van der Waals surface area (Å²) in [7, 11) is -3.84. The molecule has 0 saturated heterocycles. The zero-order valence-corrected chi connectivity index (χ0v) is 13.8. The van der Waals surface area contributed by atoms with Gasteiger partial charge in [-0.3, -0.25) is 0 Å². The van der Waals surface area contributed by atoms with Crippen LogP contribution in [0.1, 0.15) is 19.7 Å². The van der Waals surface area contributed by atoms with Crippen LogP contribution < -0.4 is 4.74 Å². The summed E-state index contributed by atoms with van der Waals surface area (Å²) in [5.41, 5.74) is 0. The molecular weight excluding hydrogens is 335 g/mol. The number of nitrogens with zero attached hydrogens (tertiary/aromatic N) is 2. The molecule has 0 spiro atoms. The maximum absolute atomic E-state index is 12.7. The first-order valence-electron chi connectivity index (χ1n) is 6.31. The number of aryl methyl sites for hydroxylation is 1. The van der Waals surface area contributed by atoms with Gasteiger partial charge >= 0.3 is 0 Å². The number of hydrogen-bond donors (Lipinski definition) is 0. The Bertz CT molecular complexity index is 757. The Hall–Kier alpha value is -1.24. The molecule has 0 aliphatic rings. The lowest BCUT2D eigenvalue weighted by atomic mass is 10.3. The van der Waals surface area contributed by atoms with Gasteiger partial charge in [0.2, 0.25) is 0 Å². The molecule has 0 N–H and O–H groups in total. The average Bonchev–Trinajstić information content (AvgIpc) is 2.91. The molecule has 0 aliphatic heterocycles. The van der Waals surface area contributed by atoms with Crippen LogP contribution in [0.2, 0.25) is 10.0 Å². The highest BCUT2D eigenvalue weighted by molar-refractivity contribution is 7.90. The number of imidazole rings is 1. The van der Waals surface area contributed by atoms with Crippen molar-refractivity contribution in [2.45, 2.75) is 25.2 Å². The van der Waals surface area contributed by atoms with Crippen molar-refractivity contribution in [1.82, 2.24) is 8.96 Å². The summed E-state index contributed by atoms with van der Waals surface area (Å²) < 4.78 is 31.7. The minimum atomic E-state index is -3.84. The van der Waals surface area contributed by atoms with E-state index in [1.54, 1.807) is 6.92 Å². The van der Waals surface area contributed by atoms with Crippen LogP contribution in [-0.2, 0) is 16.4 Å². The summed E-state index contributed by atoms with van der Waals surface area (Å²) in [6, 6.07) is 2.70. The van der Waals surface area contributed by atoms with Crippen molar-refractivity contribution in [2.75, 3.05) is 6.61 Å². The summed E-state index contributed by atoms with van der Waals surface area (Å²) in [4.78, 5) is 3.93. The number of rotatable bonds is 5. The lowest BCUT2D eigenvalue weighted by Gasteiger charge is -2.12. The molecular formula is C13H14Cl2N2O3S. The maximum Gasteiger partial charge on any atom is 0.270 e. The van der Waals surface area contributed by atoms with Gasteiger partial charge in [0.25, 0.3) is 10.0 Å². The highest BCUT2D eigenvalue weighted by Gasteiger charge is 2.24. The van der Waals surface area contributed by atoms with Crippen LogP contribution in [0.4, 0.5) is 0 Å². The van der Waals surface area contributed by atoms with Crippen molar-refractivity contribution in [1.29, 1.82) is 0 Å². The van der Waals surface area contributed by atoms with Gasteiger partial charge in [0.15, 0.2) is 0 Å². The quantitative estimate of drug-likeness (QED) is 0.830. The van der Waals surface area contributed by atoms with E-state index >= 15 is 0 Å². The van der Waals surface area contributed by atoms with E-state index in [1.165, 1.54) is 24.5 Å². The molecule has 0 radical (unpaired) electrons. The zero-order chi connectivity index (χ0) is 15.6. The summed E-state index contributed by atoms with van der Waals surface area (Å²) >= 11 is 12.1. The Kier molecular flexibility index (Phi) is 4.81. The van der Waals surface area contributed by atoms with Crippen molar-refractivity contribution in [2.24, 2.45) is 0 Å². The Morgan fingerprint density at radius 1 is 1.24 bits per heavy atom. The Balaban J connectivity index is 2.58. The van der Waals surface area contributed by atoms with Gasteiger partial charge in [-0.25, -0.2) is 17.4 Å². The van der Waals surface area contributed by atoms with Gasteiger partial charge < -0.3 is 4.74 Å². The van der Waals surface area contributed by atoms with E-state index in [1.807, 2.05) is 6.92 Å². The third kappa shape index (κ3) is 3.02. The normalized spacial score (nSPS) is 11.6. The molecule has 21 heavy (non-hydrogen) atoms. The van der Waals surface area contributed by atoms with Gasteiger partial charge in [-0.1, -0.05) is 30.1 Å². The molecule has 0 fully saturated rings. The molecule has 0 atom stereocenters. The minimum absolute atomic E-state index is 0.0543. The Labute approximate surface area is 133 Å². The standard InChI is InChI=1S/C13H14Cl2N2O3S/c1-3-13-16-5-6-17(13)21(18,19)12-8-9(14)11(20-4-2)7-10(12)15/h5-8H,3-4H2,1-2H3. The van der Waals surface area contributed by atoms with Crippen LogP contribution in [0.15, 0.2) is 29.4 Å². The first-order chi connectivity index (χ1) is 9.91. The van der Waals surface area contributed by atoms with E-state index in [0.29, 0.717) is 24.6 Å². The second kappa shape index (κ2) is 6.25. The molecule has 114 valence electrons. The monoisotopic (exact) mass is 348 g/mol. The van der Waals surface area contributed by atoms with Crippen LogP contribution in [0.25, 0.3) is 0 Å². The van der Waals surface area contributed by atoms with E-state index in [-0.39, 0.29) is 14.9 Å². The molecule has 0 amide bonds. The first kappa shape index (κ1) is 16.1. The molecule has 8 heteroatoms. The van der Waals surface area contributed by atoms with Crippen molar-refractivity contribution >= 4 is 33.2 Å². The Morgan fingerprint density at radius 3 is 2.57 bits per heavy atom. The van der Waals surface area contributed by atoms with Gasteiger partial charge in [0.1, 0.15) is 16.5 Å². The molecule has 0 saturated carbocycles. The summed E-state index contributed by atoms with van der Waals surface area (Å²) in [6.45, 7) is 4.03. The predicted molar refractivity (Wildman–Crippen MR) is 81.8 cm³/mol. The van der Waals surface area contributed by atoms with Gasteiger partial charge in [-0.2, -0.15) is 0 Å². The molecule has 5 nitrogen and oxygen atoms in total. The zero-order valence-electron chi connectivity index (χ0n) is 11.5. The number of hydrogen-bond acceptors (Lipinski definition) is 4. The van der Waals surface area contributed by atoms with Crippen molar-refractivity contribution < 1.29 is 13.2 Å². The topological polar surface area (TPSA) is 61.2 Å². The number of halogens is 2. The minimum Gasteiger partial charge on any atom is -0.492 e. The molecule has 2 rings (SSSR count). The molecule has 1 heterocycles. The lowest BCUT2D eigenvalue weighted by Crippen LogP contribution is -2.15. The third-order valence-electron chi connectivity index (χ3n) is 2.82. The van der Waals surface area contributed by atoms with Crippen LogP contribution in [0, 0.1) is 0 Å². The molecule has 0 bridgehead atoms. The van der Waals surface area contributed by atoms with E-state index in [2.05, 4.69) is 4.98 Å². The van der Waals surface area contributed by atoms with Gasteiger partial charge in [-0.05, 0) is 13.0 Å². The van der Waals surface area contributed by atoms with Crippen molar-refractivity contribution in [3.05, 3.63) is 40.4 Å². The largest absolute Gasteiger partial charge is 0.492 e. The summed E-state index contributed by atoms with van der Waals surface area (Å²) in [6.07, 6.45) is 3.30. The number of benzene rings is 1. The summed E-state index contributed by atoms with van der Waals surface area (Å²) in [5.74, 6) is 0.778. The van der Waals surface area contributed by atoms with E-state index in [9.17, 15) is 8.42 Å². The fraction of sp³-hybridized carbons (Fsp3) is 0.308. The number of aromatic nitrogens is 2. The van der Waals surface area contributed by atoms with Crippen LogP contribution in [0.5, 0.6) is 5.75 Å². The van der Waals surface area contributed by atoms with Crippen LogP contribution in [-0.4, -0.2) is 24.0 Å². The van der Waals surface area contributed by atoms with E-state index < -0.39 is 10.0 Å².